The molecule has 1 aromatic rings. The molecule has 0 aliphatic heterocycles. The van der Waals surface area contributed by atoms with Gasteiger partial charge in [0.05, 0.1) is 18.4 Å². The number of nitrogens with two attached hydrogens (primary N) is 1. The number of aromatic amines is 1. The Morgan fingerprint density at radius 3 is 2.93 bits per heavy atom. The van der Waals surface area contributed by atoms with Gasteiger partial charge in [0.25, 0.3) is 0 Å². The molecule has 0 aliphatic rings. The fourth-order valence-corrected chi connectivity index (χ4v) is 2.03. The standard InChI is InChI=1S/C6H11N5O3S/c1-4-5(2-8-10-4)15(13,14)9-3-6(7)11-12/h2,9,12H,3H2,1H3,(H2,7,11)(H,8,10). The molecule has 0 bridgehead atoms. The van der Waals surface area contributed by atoms with Crippen LogP contribution in [0.4, 0.5) is 0 Å². The highest BCUT2D eigenvalue weighted by Gasteiger charge is 2.18. The molecule has 0 aliphatic carbocycles. The molecular weight excluding hydrogens is 222 g/mol. The Morgan fingerprint density at radius 2 is 2.47 bits per heavy atom. The Bertz CT molecular complexity index is 463. The van der Waals surface area contributed by atoms with Crippen molar-refractivity contribution >= 4 is 15.9 Å². The number of hydrogen-bond donors (Lipinski definition) is 4. The van der Waals surface area contributed by atoms with Crippen LogP contribution >= 0.6 is 0 Å². The Hall–Kier alpha value is -1.61. The summed E-state index contributed by atoms with van der Waals surface area (Å²) in [6, 6.07) is 0. The number of amidine groups is 1. The highest BCUT2D eigenvalue weighted by molar-refractivity contribution is 7.89. The molecule has 0 radical (unpaired) electrons. The third-order valence-corrected chi connectivity index (χ3v) is 3.16. The molecule has 84 valence electrons. The molecule has 0 unspecified atom stereocenters. The van der Waals surface area contributed by atoms with Crippen molar-refractivity contribution in [3.8, 4) is 0 Å². The molecule has 1 heterocycles. The summed E-state index contributed by atoms with van der Waals surface area (Å²) in [7, 11) is -3.67. The zero-order valence-corrected chi connectivity index (χ0v) is 8.74. The van der Waals surface area contributed by atoms with E-state index in [4.69, 9.17) is 10.9 Å². The minimum absolute atomic E-state index is 0.0354. The summed E-state index contributed by atoms with van der Waals surface area (Å²) < 4.78 is 25.3. The van der Waals surface area contributed by atoms with Crippen molar-refractivity contribution in [2.45, 2.75) is 11.8 Å². The lowest BCUT2D eigenvalue weighted by Crippen LogP contribution is -2.33. The molecule has 0 amide bonds. The quantitative estimate of drug-likeness (QED) is 0.223. The zero-order valence-electron chi connectivity index (χ0n) is 7.93. The van der Waals surface area contributed by atoms with Crippen LogP contribution in [0, 0.1) is 6.92 Å². The largest absolute Gasteiger partial charge is 0.409 e. The minimum Gasteiger partial charge on any atom is -0.409 e. The lowest BCUT2D eigenvalue weighted by molar-refractivity contribution is 0.317. The number of aromatic nitrogens is 2. The SMILES string of the molecule is Cc1[nH]ncc1S(=O)(=O)NC/C(N)=N/O. The van der Waals surface area contributed by atoms with Crippen LogP contribution in [0.5, 0.6) is 0 Å². The van der Waals surface area contributed by atoms with Gasteiger partial charge in [-0.3, -0.25) is 5.10 Å². The maximum atomic E-state index is 11.6. The van der Waals surface area contributed by atoms with E-state index in [1.54, 1.807) is 6.92 Å². The molecule has 0 aromatic carbocycles. The van der Waals surface area contributed by atoms with Gasteiger partial charge in [-0.05, 0) is 6.92 Å². The van der Waals surface area contributed by atoms with E-state index in [1.807, 2.05) is 0 Å². The van der Waals surface area contributed by atoms with Crippen molar-refractivity contribution in [3.63, 3.8) is 0 Å². The van der Waals surface area contributed by atoms with Crippen molar-refractivity contribution < 1.29 is 13.6 Å². The maximum absolute atomic E-state index is 11.6. The summed E-state index contributed by atoms with van der Waals surface area (Å²) in [5.41, 5.74) is 5.54. The van der Waals surface area contributed by atoms with Gasteiger partial charge in [-0.25, -0.2) is 13.1 Å². The lowest BCUT2D eigenvalue weighted by atomic mass is 10.5. The summed E-state index contributed by atoms with van der Waals surface area (Å²) in [6.07, 6.45) is 1.18. The van der Waals surface area contributed by atoms with E-state index in [9.17, 15) is 8.42 Å². The summed E-state index contributed by atoms with van der Waals surface area (Å²) in [5.74, 6) is -0.222. The summed E-state index contributed by atoms with van der Waals surface area (Å²) in [6.45, 7) is 1.31. The van der Waals surface area contributed by atoms with Gasteiger partial charge < -0.3 is 10.9 Å². The Morgan fingerprint density at radius 1 is 1.80 bits per heavy atom. The van der Waals surface area contributed by atoms with Crippen LogP contribution in [0.15, 0.2) is 16.2 Å². The summed E-state index contributed by atoms with van der Waals surface area (Å²) in [5, 5.41) is 16.9. The normalized spacial score (nSPS) is 13.0. The third kappa shape index (κ3) is 2.67. The predicted molar refractivity (Wildman–Crippen MR) is 51.9 cm³/mol. The van der Waals surface area contributed by atoms with Crippen LogP contribution < -0.4 is 10.5 Å². The lowest BCUT2D eigenvalue weighted by Gasteiger charge is -2.03. The van der Waals surface area contributed by atoms with Gasteiger partial charge in [0.15, 0.2) is 5.84 Å². The average molecular weight is 233 g/mol. The van der Waals surface area contributed by atoms with Crippen molar-refractivity contribution in [2.75, 3.05) is 6.54 Å². The topological polar surface area (TPSA) is 133 Å². The van der Waals surface area contributed by atoms with E-state index in [0.29, 0.717) is 5.69 Å². The number of aryl methyl sites for hydroxylation is 1. The molecule has 5 N–H and O–H groups in total. The summed E-state index contributed by atoms with van der Waals surface area (Å²) >= 11 is 0. The second-order valence-electron chi connectivity index (χ2n) is 2.78. The van der Waals surface area contributed by atoms with E-state index in [0.717, 1.165) is 0 Å². The van der Waals surface area contributed by atoms with Crippen LogP contribution in [0.1, 0.15) is 5.69 Å². The second kappa shape index (κ2) is 4.28. The fourth-order valence-electron chi connectivity index (χ4n) is 0.893. The average Bonchev–Trinajstić information content (AvgIpc) is 2.61. The number of H-pyrrole nitrogens is 1. The molecule has 15 heavy (non-hydrogen) atoms. The van der Waals surface area contributed by atoms with Gasteiger partial charge in [0, 0.05) is 0 Å². The smallest absolute Gasteiger partial charge is 0.244 e. The number of sulfonamides is 1. The van der Waals surface area contributed by atoms with Crippen molar-refractivity contribution in [2.24, 2.45) is 10.9 Å². The maximum Gasteiger partial charge on any atom is 0.244 e. The van der Waals surface area contributed by atoms with Gasteiger partial charge in [-0.15, -0.1) is 0 Å². The number of nitrogens with zero attached hydrogens (tertiary/aromatic N) is 2. The molecule has 0 spiro atoms. The van der Waals surface area contributed by atoms with Gasteiger partial charge in [-0.1, -0.05) is 5.16 Å². The molecular formula is C6H11N5O3S. The van der Waals surface area contributed by atoms with Crippen LogP contribution in [-0.4, -0.2) is 36.2 Å². The van der Waals surface area contributed by atoms with Crippen molar-refractivity contribution in [3.05, 3.63) is 11.9 Å². The number of nitrogens with one attached hydrogen (secondary N) is 2. The molecule has 1 aromatic heterocycles. The highest BCUT2D eigenvalue weighted by Crippen LogP contribution is 2.09. The predicted octanol–water partition coefficient (Wildman–Crippen LogP) is -1.26. The van der Waals surface area contributed by atoms with E-state index >= 15 is 0 Å². The molecule has 1 rings (SSSR count). The molecule has 0 atom stereocenters. The first-order valence-corrected chi connectivity index (χ1v) is 5.41. The van der Waals surface area contributed by atoms with Crippen LogP contribution in [-0.2, 0) is 10.0 Å². The molecule has 8 nitrogen and oxygen atoms in total. The Labute approximate surface area is 86.2 Å². The van der Waals surface area contributed by atoms with E-state index in [2.05, 4.69) is 20.1 Å². The van der Waals surface area contributed by atoms with Gasteiger partial charge in [0.1, 0.15) is 4.90 Å². The van der Waals surface area contributed by atoms with Crippen LogP contribution in [0.3, 0.4) is 0 Å². The number of oxime groups is 1. The molecule has 0 saturated heterocycles. The molecule has 0 fully saturated rings. The minimum atomic E-state index is -3.67. The van der Waals surface area contributed by atoms with Crippen molar-refractivity contribution in [1.29, 1.82) is 0 Å². The van der Waals surface area contributed by atoms with Crippen LogP contribution in [0.25, 0.3) is 0 Å². The summed E-state index contributed by atoms with van der Waals surface area (Å²) in [4.78, 5) is 0.0354. The fraction of sp³-hybridized carbons (Fsp3) is 0.333. The molecule has 0 saturated carbocycles. The Kier molecular flexibility index (Phi) is 3.27. The van der Waals surface area contributed by atoms with Crippen LogP contribution in [0.2, 0.25) is 0 Å². The second-order valence-corrected chi connectivity index (χ2v) is 4.51. The van der Waals surface area contributed by atoms with Gasteiger partial charge >= 0.3 is 0 Å². The first-order valence-electron chi connectivity index (χ1n) is 3.93. The first kappa shape index (κ1) is 11.5. The Balaban J connectivity index is 2.82. The van der Waals surface area contributed by atoms with Gasteiger partial charge in [-0.2, -0.15) is 5.10 Å². The number of hydrogen-bond acceptors (Lipinski definition) is 5. The first-order chi connectivity index (χ1) is 6.97. The zero-order chi connectivity index (χ0) is 11.5. The van der Waals surface area contributed by atoms with E-state index in [-0.39, 0.29) is 17.3 Å². The van der Waals surface area contributed by atoms with Gasteiger partial charge in [0.2, 0.25) is 10.0 Å². The molecule has 9 heteroatoms. The van der Waals surface area contributed by atoms with E-state index in [1.165, 1.54) is 6.20 Å². The third-order valence-electron chi connectivity index (χ3n) is 1.64. The van der Waals surface area contributed by atoms with E-state index < -0.39 is 10.0 Å². The highest BCUT2D eigenvalue weighted by atomic mass is 32.2. The monoisotopic (exact) mass is 233 g/mol. The van der Waals surface area contributed by atoms with Crippen molar-refractivity contribution in [1.82, 2.24) is 14.9 Å². The number of rotatable bonds is 4.